The minimum atomic E-state index is -1.01. The van der Waals surface area contributed by atoms with Crippen molar-refractivity contribution in [2.45, 2.75) is 38.3 Å². The molecule has 3 amide bonds. The van der Waals surface area contributed by atoms with Gasteiger partial charge in [-0.05, 0) is 42.3 Å². The molecule has 1 aromatic heterocycles. The first kappa shape index (κ1) is 32.4. The Morgan fingerprint density at radius 1 is 1.07 bits per heavy atom. The van der Waals surface area contributed by atoms with E-state index < -0.39 is 28.8 Å². The van der Waals surface area contributed by atoms with Crippen LogP contribution in [0.25, 0.3) is 10.8 Å². The molecule has 4 aromatic rings. The molecule has 1 unspecified atom stereocenters. The van der Waals surface area contributed by atoms with Crippen LogP contribution in [0.2, 0.25) is 0 Å². The molecule has 1 heterocycles. The van der Waals surface area contributed by atoms with Gasteiger partial charge in [-0.1, -0.05) is 30.3 Å². The number of nitrogens with zero attached hydrogens (tertiary/aromatic N) is 2. The largest absolute Gasteiger partial charge is 0.493 e. The van der Waals surface area contributed by atoms with Crippen molar-refractivity contribution in [3.05, 3.63) is 94.1 Å². The molecule has 0 aliphatic heterocycles. The SMILES string of the molecule is CNC(=O)CCCOc1cc([N+](=O)[O-])c(C(C)NNC(=O)[C@H](Cc2cnc[nH]2)NC(=O)c2ccc3ccccc3c2)cc1OC. The van der Waals surface area contributed by atoms with Gasteiger partial charge in [-0.3, -0.25) is 29.9 Å². The number of fused-ring (bicyclic) bond motifs is 1. The van der Waals surface area contributed by atoms with E-state index in [2.05, 4.69) is 31.5 Å². The normalized spacial score (nSPS) is 12.2. The minimum Gasteiger partial charge on any atom is -0.493 e. The zero-order valence-electron chi connectivity index (χ0n) is 25.1. The zero-order valence-corrected chi connectivity index (χ0v) is 25.1. The number of amides is 3. The maximum atomic E-state index is 13.4. The molecule has 4 rings (SSSR count). The smallest absolute Gasteiger partial charge is 0.278 e. The van der Waals surface area contributed by atoms with Crippen LogP contribution in [0.3, 0.4) is 0 Å². The van der Waals surface area contributed by atoms with Gasteiger partial charge in [0.15, 0.2) is 11.5 Å². The third-order valence-corrected chi connectivity index (χ3v) is 7.08. The Balaban J connectivity index is 1.47. The first-order valence-corrected chi connectivity index (χ1v) is 14.2. The molecule has 0 spiro atoms. The Labute approximate surface area is 259 Å². The summed E-state index contributed by atoms with van der Waals surface area (Å²) in [4.78, 5) is 56.4. The summed E-state index contributed by atoms with van der Waals surface area (Å²) in [6.45, 7) is 1.77. The Morgan fingerprint density at radius 2 is 1.84 bits per heavy atom. The van der Waals surface area contributed by atoms with Gasteiger partial charge < -0.3 is 25.1 Å². The second kappa shape index (κ2) is 15.3. The fourth-order valence-electron chi connectivity index (χ4n) is 4.62. The Morgan fingerprint density at radius 3 is 2.53 bits per heavy atom. The van der Waals surface area contributed by atoms with Gasteiger partial charge in [-0.15, -0.1) is 0 Å². The number of hydrazine groups is 1. The number of nitro groups is 1. The minimum absolute atomic E-state index is 0.112. The summed E-state index contributed by atoms with van der Waals surface area (Å²) < 4.78 is 11.1. The lowest BCUT2D eigenvalue weighted by atomic mass is 10.1. The molecule has 14 nitrogen and oxygen atoms in total. The van der Waals surface area contributed by atoms with E-state index in [-0.39, 0.29) is 48.1 Å². The number of aromatic amines is 1. The van der Waals surface area contributed by atoms with Crippen molar-refractivity contribution in [3.63, 3.8) is 0 Å². The standard InChI is InChI=1S/C31H35N7O7/c1-19(24-15-27(44-3)28(16-26(24)38(42)43)45-12-6-9-29(39)32-2)36-37-31(41)25(14-23-17-33-18-34-23)35-30(40)22-11-10-20-7-4-5-8-21(20)13-22/h4-5,7-8,10-11,13,15-19,25,36H,6,9,12,14H2,1-3H3,(H,32,39)(H,33,34)(H,35,40)(H,37,41)/t19?,25-/m0/s1. The van der Waals surface area contributed by atoms with Crippen LogP contribution < -0.4 is 31.0 Å². The monoisotopic (exact) mass is 617 g/mol. The summed E-state index contributed by atoms with van der Waals surface area (Å²) in [7, 11) is 2.94. The topological polar surface area (TPSA) is 190 Å². The fraction of sp³-hybridized carbons (Fsp3) is 0.290. The molecule has 0 saturated carbocycles. The Hall–Kier alpha value is -5.50. The van der Waals surface area contributed by atoms with E-state index in [4.69, 9.17) is 9.47 Å². The summed E-state index contributed by atoms with van der Waals surface area (Å²) >= 11 is 0. The van der Waals surface area contributed by atoms with E-state index >= 15 is 0 Å². The van der Waals surface area contributed by atoms with E-state index in [1.807, 2.05) is 30.3 Å². The number of hydrogen-bond donors (Lipinski definition) is 5. The highest BCUT2D eigenvalue weighted by molar-refractivity contribution is 6.00. The molecular weight excluding hydrogens is 582 g/mol. The van der Waals surface area contributed by atoms with Gasteiger partial charge in [0, 0.05) is 37.3 Å². The highest BCUT2D eigenvalue weighted by atomic mass is 16.6. The molecule has 0 radical (unpaired) electrons. The number of imidazole rings is 1. The number of nitro benzene ring substituents is 1. The van der Waals surface area contributed by atoms with Gasteiger partial charge in [0.25, 0.3) is 17.5 Å². The summed E-state index contributed by atoms with van der Waals surface area (Å²) in [6.07, 6.45) is 3.78. The number of carbonyl (C=O) groups is 3. The second-order valence-corrected chi connectivity index (χ2v) is 10.2. The van der Waals surface area contributed by atoms with E-state index in [0.29, 0.717) is 17.7 Å². The summed E-state index contributed by atoms with van der Waals surface area (Å²) in [5, 5.41) is 19.1. The van der Waals surface area contributed by atoms with Crippen molar-refractivity contribution in [2.75, 3.05) is 20.8 Å². The number of nitrogens with one attached hydrogen (secondary N) is 5. The summed E-state index contributed by atoms with van der Waals surface area (Å²) in [5.74, 6) is -0.766. The first-order valence-electron chi connectivity index (χ1n) is 14.2. The van der Waals surface area contributed by atoms with E-state index in [0.717, 1.165) is 10.8 Å². The number of ether oxygens (including phenoxy) is 2. The van der Waals surface area contributed by atoms with E-state index in [9.17, 15) is 24.5 Å². The predicted molar refractivity (Wildman–Crippen MR) is 166 cm³/mol. The van der Waals surface area contributed by atoms with Gasteiger partial charge in [0.05, 0.1) is 42.6 Å². The number of carbonyl (C=O) groups excluding carboxylic acids is 3. The molecule has 5 N–H and O–H groups in total. The van der Waals surface area contributed by atoms with Crippen LogP contribution in [-0.4, -0.2) is 59.4 Å². The van der Waals surface area contributed by atoms with Gasteiger partial charge >= 0.3 is 0 Å². The van der Waals surface area contributed by atoms with Crippen LogP contribution in [0, 0.1) is 10.1 Å². The average molecular weight is 618 g/mol. The van der Waals surface area contributed by atoms with Crippen LogP contribution in [0.5, 0.6) is 11.5 Å². The van der Waals surface area contributed by atoms with Crippen molar-refractivity contribution >= 4 is 34.2 Å². The second-order valence-electron chi connectivity index (χ2n) is 10.2. The quantitative estimate of drug-likeness (QED) is 0.0758. The zero-order chi connectivity index (χ0) is 32.3. The number of benzene rings is 3. The van der Waals surface area contributed by atoms with E-state index in [1.165, 1.54) is 32.6 Å². The molecule has 3 aromatic carbocycles. The molecule has 2 atom stereocenters. The number of methoxy groups -OCH3 is 1. The van der Waals surface area contributed by atoms with Gasteiger partial charge in [-0.25, -0.2) is 10.4 Å². The lowest BCUT2D eigenvalue weighted by Crippen LogP contribution is -2.52. The van der Waals surface area contributed by atoms with Crippen LogP contribution in [0.4, 0.5) is 5.69 Å². The number of rotatable bonds is 15. The van der Waals surface area contributed by atoms with Gasteiger partial charge in [0.1, 0.15) is 6.04 Å². The average Bonchev–Trinajstić information content (AvgIpc) is 3.57. The number of H-pyrrole nitrogens is 1. The highest BCUT2D eigenvalue weighted by Crippen LogP contribution is 2.37. The first-order chi connectivity index (χ1) is 21.7. The van der Waals surface area contributed by atoms with Crippen LogP contribution in [0.15, 0.2) is 67.1 Å². The molecular formula is C31H35N7O7. The Bertz CT molecular complexity index is 1660. The van der Waals surface area contributed by atoms with Crippen LogP contribution in [0.1, 0.15) is 47.4 Å². The fourth-order valence-corrected chi connectivity index (χ4v) is 4.62. The molecule has 45 heavy (non-hydrogen) atoms. The maximum absolute atomic E-state index is 13.4. The maximum Gasteiger partial charge on any atom is 0.278 e. The van der Waals surface area contributed by atoms with Gasteiger partial charge in [0.2, 0.25) is 5.91 Å². The van der Waals surface area contributed by atoms with Crippen molar-refractivity contribution in [3.8, 4) is 11.5 Å². The molecule has 0 bridgehead atoms. The van der Waals surface area contributed by atoms with Crippen molar-refractivity contribution < 1.29 is 28.8 Å². The highest BCUT2D eigenvalue weighted by Gasteiger charge is 2.27. The molecule has 0 aliphatic carbocycles. The Kier molecular flexibility index (Phi) is 11.0. The summed E-state index contributed by atoms with van der Waals surface area (Å²) in [6, 6.07) is 13.8. The molecule has 0 aliphatic rings. The number of aromatic nitrogens is 2. The van der Waals surface area contributed by atoms with Crippen molar-refractivity contribution in [1.82, 2.24) is 31.5 Å². The lowest BCUT2D eigenvalue weighted by Gasteiger charge is -2.21. The van der Waals surface area contributed by atoms with Crippen LogP contribution in [-0.2, 0) is 16.0 Å². The lowest BCUT2D eigenvalue weighted by molar-refractivity contribution is -0.385. The van der Waals surface area contributed by atoms with E-state index in [1.54, 1.807) is 25.3 Å². The molecule has 14 heteroatoms. The third kappa shape index (κ3) is 8.54. The number of hydrogen-bond acceptors (Lipinski definition) is 9. The van der Waals surface area contributed by atoms with Crippen molar-refractivity contribution in [2.24, 2.45) is 0 Å². The van der Waals surface area contributed by atoms with Crippen LogP contribution >= 0.6 is 0 Å². The molecule has 0 fully saturated rings. The predicted octanol–water partition coefficient (Wildman–Crippen LogP) is 3.11. The molecule has 236 valence electrons. The van der Waals surface area contributed by atoms with Gasteiger partial charge in [-0.2, -0.15) is 0 Å². The third-order valence-electron chi connectivity index (χ3n) is 7.08. The molecule has 0 saturated heterocycles. The summed E-state index contributed by atoms with van der Waals surface area (Å²) in [5.41, 5.74) is 6.36. The van der Waals surface area contributed by atoms with Crippen molar-refractivity contribution in [1.29, 1.82) is 0 Å².